The van der Waals surface area contributed by atoms with Gasteiger partial charge < -0.3 is 4.74 Å². The first-order valence-electron chi connectivity index (χ1n) is 7.50. The van der Waals surface area contributed by atoms with Crippen molar-refractivity contribution in [3.05, 3.63) is 74.4 Å². The smallest absolute Gasteiger partial charge is 0.315 e. The second-order valence-corrected chi connectivity index (χ2v) is 6.41. The number of esters is 1. The van der Waals surface area contributed by atoms with Gasteiger partial charge >= 0.3 is 5.97 Å². The molecule has 2 aromatic carbocycles. The first-order valence-corrected chi connectivity index (χ1v) is 8.29. The van der Waals surface area contributed by atoms with Crippen LogP contribution < -0.4 is 5.56 Å². The van der Waals surface area contributed by atoms with Gasteiger partial charge in [0.25, 0.3) is 5.56 Å². The minimum atomic E-state index is -0.845. The van der Waals surface area contributed by atoms with Crippen LogP contribution in [0.5, 0.6) is 0 Å². The Morgan fingerprint density at radius 1 is 1.28 bits per heavy atom. The number of H-pyrrole nitrogens is 1. The van der Waals surface area contributed by atoms with Crippen molar-refractivity contribution in [1.82, 2.24) is 10.2 Å². The average molecular weight is 405 g/mol. The van der Waals surface area contributed by atoms with Gasteiger partial charge in [-0.05, 0) is 30.2 Å². The van der Waals surface area contributed by atoms with E-state index in [0.29, 0.717) is 26.5 Å². The molecule has 1 unspecified atom stereocenters. The van der Waals surface area contributed by atoms with Crippen LogP contribution in [-0.2, 0) is 16.0 Å². The highest BCUT2D eigenvalue weighted by atomic mass is 79.9. The lowest BCUT2D eigenvalue weighted by molar-refractivity contribution is -0.142. The number of nitrogens with zero attached hydrogens (tertiary/aromatic N) is 1. The van der Waals surface area contributed by atoms with Crippen molar-refractivity contribution in [2.75, 3.05) is 7.11 Å². The number of aromatic amines is 1. The van der Waals surface area contributed by atoms with E-state index in [-0.39, 0.29) is 12.0 Å². The van der Waals surface area contributed by atoms with Gasteiger partial charge in [-0.1, -0.05) is 40.2 Å². The Bertz CT molecular complexity index is 1000. The number of aromatic nitrogens is 2. The summed E-state index contributed by atoms with van der Waals surface area (Å²) in [7, 11) is 1.27. The quantitative estimate of drug-likeness (QED) is 0.676. The largest absolute Gasteiger partial charge is 0.468 e. The Morgan fingerprint density at radius 3 is 2.68 bits per heavy atom. The fourth-order valence-corrected chi connectivity index (χ4v) is 3.08. The molecular formula is C18H14BrFN2O3. The van der Waals surface area contributed by atoms with Crippen LogP contribution in [0.4, 0.5) is 4.39 Å². The molecule has 0 amide bonds. The van der Waals surface area contributed by atoms with Crippen molar-refractivity contribution in [2.24, 2.45) is 0 Å². The van der Waals surface area contributed by atoms with Crippen molar-refractivity contribution in [1.29, 1.82) is 0 Å². The van der Waals surface area contributed by atoms with Crippen LogP contribution in [-0.4, -0.2) is 23.3 Å². The van der Waals surface area contributed by atoms with Gasteiger partial charge in [0.2, 0.25) is 0 Å². The number of fused-ring (bicyclic) bond motifs is 1. The fraction of sp³-hybridized carbons (Fsp3) is 0.167. The molecule has 0 saturated carbocycles. The minimum Gasteiger partial charge on any atom is -0.468 e. The maximum absolute atomic E-state index is 14.2. The van der Waals surface area contributed by atoms with Crippen LogP contribution in [0.3, 0.4) is 0 Å². The predicted molar refractivity (Wildman–Crippen MR) is 94.9 cm³/mol. The van der Waals surface area contributed by atoms with Crippen LogP contribution in [0.1, 0.15) is 17.2 Å². The molecule has 1 atom stereocenters. The van der Waals surface area contributed by atoms with E-state index in [1.807, 2.05) is 0 Å². The Balaban J connectivity index is 2.13. The van der Waals surface area contributed by atoms with E-state index in [1.165, 1.54) is 13.2 Å². The van der Waals surface area contributed by atoms with Crippen molar-refractivity contribution >= 4 is 32.7 Å². The molecule has 3 rings (SSSR count). The molecule has 128 valence electrons. The normalized spacial score (nSPS) is 12.1. The zero-order valence-electron chi connectivity index (χ0n) is 13.3. The van der Waals surface area contributed by atoms with E-state index in [2.05, 4.69) is 26.1 Å². The number of nitrogens with one attached hydrogen (secondary N) is 1. The van der Waals surface area contributed by atoms with Gasteiger partial charge in [0.05, 0.1) is 18.2 Å². The Labute approximate surface area is 151 Å². The molecular weight excluding hydrogens is 391 g/mol. The van der Waals surface area contributed by atoms with Gasteiger partial charge in [0, 0.05) is 9.86 Å². The first kappa shape index (κ1) is 17.3. The summed E-state index contributed by atoms with van der Waals surface area (Å²) in [5.74, 6) is -1.83. The van der Waals surface area contributed by atoms with Crippen LogP contribution in [0.15, 0.2) is 51.7 Å². The van der Waals surface area contributed by atoms with Crippen LogP contribution in [0, 0.1) is 5.82 Å². The van der Waals surface area contributed by atoms with Crippen molar-refractivity contribution in [2.45, 2.75) is 12.3 Å². The SMILES string of the molecule is COC(=O)C(Cc1ccc(Br)cc1F)c1n[nH]c(=O)c2ccccc12. The topological polar surface area (TPSA) is 72.0 Å². The second-order valence-electron chi connectivity index (χ2n) is 5.50. The molecule has 0 aliphatic rings. The zero-order valence-corrected chi connectivity index (χ0v) is 14.8. The van der Waals surface area contributed by atoms with Crippen molar-refractivity contribution in [3.8, 4) is 0 Å². The number of halogens is 2. The second kappa shape index (κ2) is 7.14. The highest BCUT2D eigenvalue weighted by molar-refractivity contribution is 9.10. The molecule has 0 aliphatic heterocycles. The Morgan fingerprint density at radius 2 is 2.00 bits per heavy atom. The summed E-state index contributed by atoms with van der Waals surface area (Å²) in [6.45, 7) is 0. The highest BCUT2D eigenvalue weighted by Gasteiger charge is 2.27. The molecule has 1 heterocycles. The third-order valence-electron chi connectivity index (χ3n) is 3.98. The van der Waals surface area contributed by atoms with E-state index in [4.69, 9.17) is 4.74 Å². The molecule has 0 radical (unpaired) electrons. The molecule has 0 aliphatic carbocycles. The third kappa shape index (κ3) is 3.46. The lowest BCUT2D eigenvalue weighted by atomic mass is 9.93. The summed E-state index contributed by atoms with van der Waals surface area (Å²) in [6, 6.07) is 11.5. The van der Waals surface area contributed by atoms with E-state index < -0.39 is 17.7 Å². The summed E-state index contributed by atoms with van der Waals surface area (Å²) >= 11 is 3.21. The molecule has 0 fully saturated rings. The molecule has 0 bridgehead atoms. The van der Waals surface area contributed by atoms with Gasteiger partial charge in [-0.25, -0.2) is 9.49 Å². The highest BCUT2D eigenvalue weighted by Crippen LogP contribution is 2.27. The third-order valence-corrected chi connectivity index (χ3v) is 4.47. The number of methoxy groups -OCH3 is 1. The van der Waals surface area contributed by atoms with Crippen LogP contribution in [0.25, 0.3) is 10.8 Å². The monoisotopic (exact) mass is 404 g/mol. The van der Waals surface area contributed by atoms with Crippen molar-refractivity contribution < 1.29 is 13.9 Å². The number of benzene rings is 2. The molecule has 3 aromatic rings. The standard InChI is InChI=1S/C18H14BrFN2O3/c1-25-18(24)14(8-10-6-7-11(19)9-15(10)20)16-12-4-2-3-5-13(12)17(23)22-21-16/h2-7,9,14H,8H2,1H3,(H,22,23). The number of hydrogen-bond donors (Lipinski definition) is 1. The maximum atomic E-state index is 14.2. The van der Waals surface area contributed by atoms with Gasteiger partial charge in [-0.15, -0.1) is 0 Å². The summed E-state index contributed by atoms with van der Waals surface area (Å²) in [4.78, 5) is 24.3. The predicted octanol–water partition coefficient (Wildman–Crippen LogP) is 3.32. The maximum Gasteiger partial charge on any atom is 0.315 e. The molecule has 7 heteroatoms. The number of hydrogen-bond acceptors (Lipinski definition) is 4. The summed E-state index contributed by atoms with van der Waals surface area (Å²) < 4.78 is 19.7. The van der Waals surface area contributed by atoms with E-state index in [1.54, 1.807) is 36.4 Å². The molecule has 1 aromatic heterocycles. The number of ether oxygens (including phenoxy) is 1. The van der Waals surface area contributed by atoms with E-state index in [0.717, 1.165) is 0 Å². The molecule has 1 N–H and O–H groups in total. The number of rotatable bonds is 4. The van der Waals surface area contributed by atoms with Crippen LogP contribution in [0.2, 0.25) is 0 Å². The molecule has 0 saturated heterocycles. The fourth-order valence-electron chi connectivity index (χ4n) is 2.74. The summed E-state index contributed by atoms with van der Waals surface area (Å²) in [5.41, 5.74) is 0.359. The first-order chi connectivity index (χ1) is 12.0. The lowest BCUT2D eigenvalue weighted by Crippen LogP contribution is -2.22. The Hall–Kier alpha value is -2.54. The van der Waals surface area contributed by atoms with Gasteiger partial charge in [0.15, 0.2) is 0 Å². The Kier molecular flexibility index (Phi) is 4.94. The van der Waals surface area contributed by atoms with Gasteiger partial charge in [-0.2, -0.15) is 5.10 Å². The average Bonchev–Trinajstić information content (AvgIpc) is 2.62. The van der Waals surface area contributed by atoms with E-state index in [9.17, 15) is 14.0 Å². The van der Waals surface area contributed by atoms with Gasteiger partial charge in [-0.3, -0.25) is 9.59 Å². The van der Waals surface area contributed by atoms with Crippen molar-refractivity contribution in [3.63, 3.8) is 0 Å². The number of carbonyl (C=O) groups is 1. The minimum absolute atomic E-state index is 0.0643. The van der Waals surface area contributed by atoms with Gasteiger partial charge in [0.1, 0.15) is 11.7 Å². The molecule has 5 nitrogen and oxygen atoms in total. The summed E-state index contributed by atoms with van der Waals surface area (Å²) in [5, 5.41) is 7.40. The lowest BCUT2D eigenvalue weighted by Gasteiger charge is -2.16. The van der Waals surface area contributed by atoms with E-state index >= 15 is 0 Å². The van der Waals surface area contributed by atoms with Crippen LogP contribution >= 0.6 is 15.9 Å². The molecule has 0 spiro atoms. The molecule has 25 heavy (non-hydrogen) atoms. The zero-order chi connectivity index (χ0) is 18.0. The summed E-state index contributed by atoms with van der Waals surface area (Å²) in [6.07, 6.45) is 0.0643. The number of carbonyl (C=O) groups excluding carboxylic acids is 1.